The molecule has 0 unspecified atom stereocenters. The predicted octanol–water partition coefficient (Wildman–Crippen LogP) is 5.15. The molecule has 1 heterocycles. The summed E-state index contributed by atoms with van der Waals surface area (Å²) in [5.74, 6) is -0.0499. The summed E-state index contributed by atoms with van der Waals surface area (Å²) in [6.45, 7) is 0.165. The molecule has 0 aromatic heterocycles. The van der Waals surface area contributed by atoms with Gasteiger partial charge in [-0.05, 0) is 66.9 Å². The molecule has 6 nitrogen and oxygen atoms in total. The number of halogens is 2. The molecule has 3 aromatic rings. The lowest BCUT2D eigenvalue weighted by Crippen LogP contribution is -2.35. The van der Waals surface area contributed by atoms with Crippen molar-refractivity contribution in [2.45, 2.75) is 17.7 Å². The van der Waals surface area contributed by atoms with E-state index in [2.05, 4.69) is 5.32 Å². The molecule has 1 amide bonds. The Balaban J connectivity index is 1.42. The number of benzene rings is 3. The van der Waals surface area contributed by atoms with Crippen molar-refractivity contribution < 1.29 is 17.9 Å². The molecule has 0 spiro atoms. The van der Waals surface area contributed by atoms with Crippen LogP contribution in [0.5, 0.6) is 5.75 Å². The van der Waals surface area contributed by atoms with Crippen LogP contribution in [0.1, 0.15) is 12.0 Å². The summed E-state index contributed by atoms with van der Waals surface area (Å²) >= 11 is 12.0. The molecule has 0 radical (unpaired) electrons. The number of ether oxygens (including phenoxy) is 1. The number of carbonyl (C=O) groups is 1. The highest BCUT2D eigenvalue weighted by Crippen LogP contribution is 2.32. The monoisotopic (exact) mass is 490 g/mol. The number of hydrogen-bond donors (Lipinski definition) is 1. The molecular formula is C23H20Cl2N2O4S. The van der Waals surface area contributed by atoms with E-state index in [9.17, 15) is 13.2 Å². The minimum Gasteiger partial charge on any atom is -0.484 e. The van der Waals surface area contributed by atoms with Gasteiger partial charge in [-0.15, -0.1) is 0 Å². The van der Waals surface area contributed by atoms with Gasteiger partial charge in [-0.25, -0.2) is 8.42 Å². The van der Waals surface area contributed by atoms with Crippen LogP contribution in [0.15, 0.2) is 71.6 Å². The normalized spacial score (nSPS) is 13.4. The molecule has 1 N–H and O–H groups in total. The topological polar surface area (TPSA) is 75.7 Å². The third-order valence-corrected chi connectivity index (χ3v) is 7.44. The van der Waals surface area contributed by atoms with Gasteiger partial charge >= 0.3 is 0 Å². The van der Waals surface area contributed by atoms with E-state index in [-0.39, 0.29) is 11.5 Å². The second-order valence-electron chi connectivity index (χ2n) is 7.24. The smallest absolute Gasteiger partial charge is 0.264 e. The summed E-state index contributed by atoms with van der Waals surface area (Å²) in [6, 6.07) is 18.3. The molecule has 0 atom stereocenters. The van der Waals surface area contributed by atoms with Crippen molar-refractivity contribution in [3.8, 4) is 5.75 Å². The molecule has 3 aromatic carbocycles. The number of aryl methyl sites for hydroxylation is 1. The number of amides is 1. The second kappa shape index (κ2) is 9.40. The van der Waals surface area contributed by atoms with Crippen molar-refractivity contribution in [2.75, 3.05) is 22.8 Å². The van der Waals surface area contributed by atoms with Gasteiger partial charge < -0.3 is 10.1 Å². The summed E-state index contributed by atoms with van der Waals surface area (Å²) in [7, 11) is -3.70. The molecule has 166 valence electrons. The Kier molecular flexibility index (Phi) is 6.60. The molecule has 0 saturated carbocycles. The fourth-order valence-corrected chi connectivity index (χ4v) is 5.39. The molecular weight excluding hydrogens is 471 g/mol. The highest BCUT2D eigenvalue weighted by molar-refractivity contribution is 7.92. The molecule has 0 fully saturated rings. The first-order valence-electron chi connectivity index (χ1n) is 9.93. The van der Waals surface area contributed by atoms with E-state index in [1.54, 1.807) is 18.2 Å². The van der Waals surface area contributed by atoms with Crippen LogP contribution in [-0.2, 0) is 21.2 Å². The van der Waals surface area contributed by atoms with Crippen molar-refractivity contribution in [3.05, 3.63) is 82.3 Å². The van der Waals surface area contributed by atoms with Gasteiger partial charge in [0.15, 0.2) is 6.61 Å². The molecule has 1 aliphatic heterocycles. The van der Waals surface area contributed by atoms with Crippen LogP contribution < -0.4 is 14.4 Å². The summed E-state index contributed by atoms with van der Waals surface area (Å²) < 4.78 is 33.3. The number of nitrogens with one attached hydrogen (secondary N) is 1. The Labute approximate surface area is 196 Å². The highest BCUT2D eigenvalue weighted by Gasteiger charge is 2.28. The van der Waals surface area contributed by atoms with Crippen LogP contribution in [0.3, 0.4) is 0 Å². The minimum atomic E-state index is -3.70. The zero-order chi connectivity index (χ0) is 22.7. The van der Waals surface area contributed by atoms with Crippen LogP contribution in [0, 0.1) is 0 Å². The Morgan fingerprint density at radius 2 is 1.78 bits per heavy atom. The van der Waals surface area contributed by atoms with E-state index in [1.807, 2.05) is 24.3 Å². The third kappa shape index (κ3) is 4.85. The standard InChI is InChI=1S/C23H20Cl2N2O4S/c24-17-7-12-20(25)21(14-17)26-23(28)15-31-18-8-10-19(11-9-18)32(29,30)27-13-3-5-16-4-1-2-6-22(16)27/h1-2,4,6-12,14H,3,5,13,15H2,(H,26,28). The van der Waals surface area contributed by atoms with Crippen LogP contribution in [0.4, 0.5) is 11.4 Å². The first kappa shape index (κ1) is 22.5. The first-order chi connectivity index (χ1) is 15.3. The highest BCUT2D eigenvalue weighted by atomic mass is 35.5. The fraction of sp³-hybridized carbons (Fsp3) is 0.174. The lowest BCUT2D eigenvalue weighted by molar-refractivity contribution is -0.118. The van der Waals surface area contributed by atoms with Crippen LogP contribution in [-0.4, -0.2) is 27.5 Å². The zero-order valence-corrected chi connectivity index (χ0v) is 19.3. The number of hydrogen-bond acceptors (Lipinski definition) is 4. The summed E-state index contributed by atoms with van der Waals surface area (Å²) in [5, 5.41) is 3.43. The second-order valence-corrected chi connectivity index (χ2v) is 9.95. The Hall–Kier alpha value is -2.74. The minimum absolute atomic E-state index is 0.164. The number of anilines is 2. The van der Waals surface area contributed by atoms with E-state index in [0.717, 1.165) is 24.1 Å². The van der Waals surface area contributed by atoms with Gasteiger partial charge in [0.2, 0.25) is 0 Å². The number of carbonyl (C=O) groups excluding carboxylic acids is 1. The van der Waals surface area contributed by atoms with Crippen molar-refractivity contribution in [1.82, 2.24) is 0 Å². The van der Waals surface area contributed by atoms with Crippen molar-refractivity contribution in [2.24, 2.45) is 0 Å². The van der Waals surface area contributed by atoms with E-state index < -0.39 is 15.9 Å². The first-order valence-corrected chi connectivity index (χ1v) is 12.1. The van der Waals surface area contributed by atoms with Crippen LogP contribution in [0.2, 0.25) is 10.0 Å². The quantitative estimate of drug-likeness (QED) is 0.518. The molecule has 0 bridgehead atoms. The van der Waals surface area contributed by atoms with E-state index in [1.165, 1.54) is 28.6 Å². The number of fused-ring (bicyclic) bond motifs is 1. The van der Waals surface area contributed by atoms with Gasteiger partial charge in [-0.2, -0.15) is 0 Å². The number of para-hydroxylation sites is 1. The average molecular weight is 491 g/mol. The third-order valence-electron chi connectivity index (χ3n) is 5.05. The van der Waals surface area contributed by atoms with Gasteiger partial charge in [0.25, 0.3) is 15.9 Å². The maximum atomic E-state index is 13.2. The molecule has 0 aliphatic carbocycles. The lowest BCUT2D eigenvalue weighted by Gasteiger charge is -2.30. The maximum absolute atomic E-state index is 13.2. The van der Waals surface area contributed by atoms with Gasteiger partial charge in [-0.3, -0.25) is 9.10 Å². The molecule has 9 heteroatoms. The van der Waals surface area contributed by atoms with E-state index in [0.29, 0.717) is 28.0 Å². The Morgan fingerprint density at radius 3 is 2.56 bits per heavy atom. The summed E-state index contributed by atoms with van der Waals surface area (Å²) in [4.78, 5) is 12.3. The number of nitrogens with zero attached hydrogens (tertiary/aromatic N) is 1. The largest absolute Gasteiger partial charge is 0.484 e. The van der Waals surface area contributed by atoms with Crippen molar-refractivity contribution >= 4 is 50.5 Å². The fourth-order valence-electron chi connectivity index (χ4n) is 3.51. The zero-order valence-electron chi connectivity index (χ0n) is 16.9. The summed E-state index contributed by atoms with van der Waals surface area (Å²) in [6.07, 6.45) is 1.63. The molecule has 4 rings (SSSR count). The van der Waals surface area contributed by atoms with Gasteiger partial charge in [0, 0.05) is 11.6 Å². The van der Waals surface area contributed by atoms with Gasteiger partial charge in [-0.1, -0.05) is 41.4 Å². The number of rotatable bonds is 6. The summed E-state index contributed by atoms with van der Waals surface area (Å²) in [5.41, 5.74) is 2.12. The Bertz CT molecular complexity index is 1250. The maximum Gasteiger partial charge on any atom is 0.264 e. The van der Waals surface area contributed by atoms with E-state index >= 15 is 0 Å². The molecule has 32 heavy (non-hydrogen) atoms. The molecule has 1 aliphatic rings. The van der Waals surface area contributed by atoms with Gasteiger partial charge in [0.05, 0.1) is 21.3 Å². The Morgan fingerprint density at radius 1 is 1.03 bits per heavy atom. The SMILES string of the molecule is O=C(COc1ccc(S(=O)(=O)N2CCCc3ccccc32)cc1)Nc1cc(Cl)ccc1Cl. The average Bonchev–Trinajstić information content (AvgIpc) is 2.80. The lowest BCUT2D eigenvalue weighted by atomic mass is 10.0. The van der Waals surface area contributed by atoms with Crippen LogP contribution >= 0.6 is 23.2 Å². The predicted molar refractivity (Wildman–Crippen MR) is 126 cm³/mol. The van der Waals surface area contributed by atoms with Crippen LogP contribution in [0.25, 0.3) is 0 Å². The van der Waals surface area contributed by atoms with Gasteiger partial charge in [0.1, 0.15) is 5.75 Å². The number of sulfonamides is 1. The molecule has 0 saturated heterocycles. The van der Waals surface area contributed by atoms with Crippen molar-refractivity contribution in [1.29, 1.82) is 0 Å². The van der Waals surface area contributed by atoms with Crippen molar-refractivity contribution in [3.63, 3.8) is 0 Å². The van der Waals surface area contributed by atoms with E-state index in [4.69, 9.17) is 27.9 Å².